The van der Waals surface area contributed by atoms with E-state index in [1.54, 1.807) is 12.1 Å². The number of carbonyl (C=O) groups excluding carboxylic acids is 2. The number of methoxy groups -OCH3 is 2. The van der Waals surface area contributed by atoms with Crippen LogP contribution in [0.15, 0.2) is 133 Å². The number of para-hydroxylation sites is 4. The van der Waals surface area contributed by atoms with Gasteiger partial charge in [-0.3, -0.25) is 0 Å². The molecule has 8 nitrogen and oxygen atoms in total. The summed E-state index contributed by atoms with van der Waals surface area (Å²) >= 11 is 0. The van der Waals surface area contributed by atoms with Crippen LogP contribution in [0.5, 0.6) is 0 Å². The van der Waals surface area contributed by atoms with Crippen LogP contribution in [-0.2, 0) is 26.5 Å². The Hall–Kier alpha value is -6.02. The molecule has 0 saturated heterocycles. The van der Waals surface area contributed by atoms with Gasteiger partial charge in [-0.25, -0.2) is 29.5 Å². The zero-order valence-corrected chi connectivity index (χ0v) is 27.4. The van der Waals surface area contributed by atoms with Gasteiger partial charge in [-0.05, 0) is 48.5 Å². The quantitative estimate of drug-likeness (QED) is 0.134. The molecule has 0 unspecified atom stereocenters. The average molecular weight is 692 g/mol. The summed E-state index contributed by atoms with van der Waals surface area (Å²) in [6.45, 7) is 0. The van der Waals surface area contributed by atoms with Crippen LogP contribution in [0.2, 0.25) is 0 Å². The Morgan fingerprint density at radius 2 is 0.776 bits per heavy atom. The molecule has 0 fully saturated rings. The van der Waals surface area contributed by atoms with E-state index in [4.69, 9.17) is 9.47 Å². The van der Waals surface area contributed by atoms with Crippen molar-refractivity contribution in [3.05, 3.63) is 145 Å². The number of benzene rings is 4. The van der Waals surface area contributed by atoms with Gasteiger partial charge < -0.3 is 9.47 Å². The predicted octanol–water partition coefficient (Wildman–Crippen LogP) is 8.47. The van der Waals surface area contributed by atoms with Crippen molar-refractivity contribution < 1.29 is 36.1 Å². The third kappa shape index (κ3) is 6.71. The molecule has 0 aliphatic rings. The molecule has 0 aliphatic carbocycles. The second-order valence-electron chi connectivity index (χ2n) is 10.9. The van der Waals surface area contributed by atoms with Crippen molar-refractivity contribution >= 4 is 55.6 Å². The van der Waals surface area contributed by atoms with Crippen molar-refractivity contribution in [3.8, 4) is 22.8 Å². The minimum atomic E-state index is -0.464. The van der Waals surface area contributed by atoms with E-state index in [-0.39, 0.29) is 17.1 Å². The van der Waals surface area contributed by atoms with Gasteiger partial charge in [-0.1, -0.05) is 84.9 Å². The molecule has 0 N–H and O–H groups in total. The smallest absolute Gasteiger partial charge is 0.338 e. The van der Waals surface area contributed by atoms with E-state index in [0.29, 0.717) is 44.3 Å². The van der Waals surface area contributed by atoms with Crippen LogP contribution in [0.4, 0.5) is 0 Å². The van der Waals surface area contributed by atoms with Crippen LogP contribution in [0.3, 0.4) is 0 Å². The van der Waals surface area contributed by atoms with Crippen LogP contribution in [0, 0.1) is 0 Å². The first-order valence-corrected chi connectivity index (χ1v) is 15.2. The fourth-order valence-electron chi connectivity index (χ4n) is 5.59. The molecule has 49 heavy (non-hydrogen) atoms. The molecule has 0 aliphatic heterocycles. The van der Waals surface area contributed by atoms with Crippen LogP contribution < -0.4 is 0 Å². The van der Waals surface area contributed by atoms with Crippen LogP contribution in [0.1, 0.15) is 20.7 Å². The molecule has 4 aromatic carbocycles. The van der Waals surface area contributed by atoms with Gasteiger partial charge in [-0.2, -0.15) is 0 Å². The molecule has 4 aromatic heterocycles. The van der Waals surface area contributed by atoms with Gasteiger partial charge in [0.05, 0.1) is 70.2 Å². The molecule has 0 bridgehead atoms. The molecule has 0 atom stereocenters. The van der Waals surface area contributed by atoms with Crippen molar-refractivity contribution in [2.45, 2.75) is 0 Å². The Kier molecular flexibility index (Phi) is 9.67. The number of pyridine rings is 4. The minimum absolute atomic E-state index is 0. The van der Waals surface area contributed by atoms with Gasteiger partial charge >= 0.3 is 11.9 Å². The molecule has 0 spiro atoms. The summed E-state index contributed by atoms with van der Waals surface area (Å²) in [4.78, 5) is 43.2. The summed E-state index contributed by atoms with van der Waals surface area (Å²) in [6, 6.07) is 42.4. The fourth-order valence-corrected chi connectivity index (χ4v) is 5.59. The monoisotopic (exact) mass is 691 g/mol. The number of esters is 2. The molecule has 9 heteroatoms. The minimum Gasteiger partial charge on any atom is -0.465 e. The number of nitrogens with zero attached hydrogens (tertiary/aromatic N) is 4. The van der Waals surface area contributed by atoms with Crippen LogP contribution in [0.25, 0.3) is 66.4 Å². The SMILES string of the molecule is COC(=O)c1cc(-c2cc(C(=O)OC)c3ccccc3n2)nc2ccccc12.[Cu].c1ccc2nc(-c3ccc4ccccc4n3)ccc2c1. The van der Waals surface area contributed by atoms with Crippen molar-refractivity contribution in [2.75, 3.05) is 14.2 Å². The maximum atomic E-state index is 12.3. The molecule has 243 valence electrons. The number of fused-ring (bicyclic) bond motifs is 4. The van der Waals surface area contributed by atoms with Gasteiger partial charge in [0.1, 0.15) is 0 Å². The van der Waals surface area contributed by atoms with Crippen molar-refractivity contribution in [1.82, 2.24) is 19.9 Å². The molecular formula is C40H28CuN4O4. The van der Waals surface area contributed by atoms with E-state index >= 15 is 0 Å². The summed E-state index contributed by atoms with van der Waals surface area (Å²) in [5.41, 5.74) is 6.80. The van der Waals surface area contributed by atoms with Gasteiger partial charge in [0.15, 0.2) is 0 Å². The average Bonchev–Trinajstić information content (AvgIpc) is 3.16. The second kappa shape index (κ2) is 14.4. The topological polar surface area (TPSA) is 104 Å². The van der Waals surface area contributed by atoms with E-state index in [0.717, 1.165) is 33.2 Å². The van der Waals surface area contributed by atoms with Gasteiger partial charge in [0, 0.05) is 38.6 Å². The fraction of sp³-hybridized carbons (Fsp3) is 0.0500. The Balaban J connectivity index is 0.000000175. The third-order valence-electron chi connectivity index (χ3n) is 7.96. The van der Waals surface area contributed by atoms with Crippen molar-refractivity contribution in [1.29, 1.82) is 0 Å². The first-order valence-electron chi connectivity index (χ1n) is 15.2. The number of ether oxygens (including phenoxy) is 2. The van der Waals surface area contributed by atoms with E-state index in [9.17, 15) is 9.59 Å². The number of aromatic nitrogens is 4. The van der Waals surface area contributed by atoms with E-state index in [2.05, 4.69) is 44.2 Å². The summed E-state index contributed by atoms with van der Waals surface area (Å²) in [5, 5.41) is 3.67. The zero-order chi connectivity index (χ0) is 33.0. The maximum Gasteiger partial charge on any atom is 0.338 e. The Bertz CT molecular complexity index is 2330. The second-order valence-corrected chi connectivity index (χ2v) is 10.9. The molecule has 0 saturated carbocycles. The molecular weight excluding hydrogens is 664 g/mol. The summed E-state index contributed by atoms with van der Waals surface area (Å²) < 4.78 is 9.85. The standard InChI is InChI=1S/C22H16N2O4.C18H12N2.Cu/c1-27-21(25)15-11-19(23-17-9-5-3-7-13(15)17)20-12-16(22(26)28-2)14-8-4-6-10-18(14)24-20;1-3-7-15-13(5-1)9-11-17(19-15)18-12-10-14-6-2-4-8-16(14)20-18;/h3-12H,1-2H3;1-12H;. The molecule has 1 radical (unpaired) electrons. The Morgan fingerprint density at radius 3 is 1.18 bits per heavy atom. The number of rotatable bonds is 4. The van der Waals surface area contributed by atoms with E-state index < -0.39 is 11.9 Å². The van der Waals surface area contributed by atoms with Gasteiger partial charge in [0.25, 0.3) is 0 Å². The van der Waals surface area contributed by atoms with Gasteiger partial charge in [0.2, 0.25) is 0 Å². The number of carbonyl (C=O) groups is 2. The van der Waals surface area contributed by atoms with E-state index in [1.807, 2.05) is 97.1 Å². The first kappa shape index (κ1) is 32.9. The Labute approximate surface area is 292 Å². The normalized spacial score (nSPS) is 10.7. The predicted molar refractivity (Wildman–Crippen MR) is 188 cm³/mol. The molecule has 0 amide bonds. The van der Waals surface area contributed by atoms with Gasteiger partial charge in [-0.15, -0.1) is 0 Å². The number of hydrogen-bond acceptors (Lipinski definition) is 8. The first-order chi connectivity index (χ1) is 23.5. The largest absolute Gasteiger partial charge is 0.465 e. The molecule has 8 rings (SSSR count). The van der Waals surface area contributed by atoms with E-state index in [1.165, 1.54) is 14.2 Å². The third-order valence-corrected chi connectivity index (χ3v) is 7.96. The molecule has 4 heterocycles. The van der Waals surface area contributed by atoms with Crippen molar-refractivity contribution in [2.24, 2.45) is 0 Å². The number of hydrogen-bond donors (Lipinski definition) is 0. The summed E-state index contributed by atoms with van der Waals surface area (Å²) in [7, 11) is 2.67. The summed E-state index contributed by atoms with van der Waals surface area (Å²) in [5.74, 6) is -0.928. The van der Waals surface area contributed by atoms with Crippen LogP contribution >= 0.6 is 0 Å². The van der Waals surface area contributed by atoms with Crippen molar-refractivity contribution in [3.63, 3.8) is 0 Å². The Morgan fingerprint density at radius 1 is 0.429 bits per heavy atom. The zero-order valence-electron chi connectivity index (χ0n) is 26.4. The van der Waals surface area contributed by atoms with Crippen LogP contribution in [-0.4, -0.2) is 46.1 Å². The molecule has 8 aromatic rings. The maximum absolute atomic E-state index is 12.3. The summed E-state index contributed by atoms with van der Waals surface area (Å²) in [6.07, 6.45) is 0.